The summed E-state index contributed by atoms with van der Waals surface area (Å²) in [5.74, 6) is 1.78. The second-order valence-electron chi connectivity index (χ2n) is 6.19. The van der Waals surface area contributed by atoms with Gasteiger partial charge < -0.3 is 18.9 Å². The molecule has 0 spiro atoms. The maximum absolute atomic E-state index is 13.4. The molecule has 166 valence electrons. The molecule has 1 aliphatic heterocycles. The van der Waals surface area contributed by atoms with Crippen LogP contribution in [0.5, 0.6) is 5.75 Å². The lowest BCUT2D eigenvalue weighted by Gasteiger charge is -2.28. The number of carbonyl (C=O) groups is 2. The van der Waals surface area contributed by atoms with Crippen molar-refractivity contribution in [1.82, 2.24) is 0 Å². The number of quaternary nitrogens is 1. The molecule has 0 radical (unpaired) electrons. The third kappa shape index (κ3) is 6.51. The van der Waals surface area contributed by atoms with Crippen molar-refractivity contribution in [2.75, 3.05) is 20.0 Å². The fourth-order valence-corrected chi connectivity index (χ4v) is 2.86. The first-order valence-corrected chi connectivity index (χ1v) is 9.10. The summed E-state index contributed by atoms with van der Waals surface area (Å²) in [7, 11) is 0. The Bertz CT molecular complexity index is 814. The van der Waals surface area contributed by atoms with E-state index >= 15 is 0 Å². The van der Waals surface area contributed by atoms with Crippen molar-refractivity contribution in [3.63, 3.8) is 0 Å². The van der Waals surface area contributed by atoms with Crippen LogP contribution in [-0.2, 0) is 23.8 Å². The van der Waals surface area contributed by atoms with E-state index in [4.69, 9.17) is 21.1 Å². The van der Waals surface area contributed by atoms with Crippen LogP contribution in [-0.4, -0.2) is 44.4 Å². The van der Waals surface area contributed by atoms with Gasteiger partial charge in [0.05, 0.1) is 12.2 Å². The number of carbonyl (C=O) groups excluding carboxylic acids is 2. The van der Waals surface area contributed by atoms with Gasteiger partial charge >= 0.3 is 18.3 Å². The highest BCUT2D eigenvalue weighted by Gasteiger charge is 2.49. The highest BCUT2D eigenvalue weighted by Crippen LogP contribution is 2.40. The predicted octanol–water partition coefficient (Wildman–Crippen LogP) is 2.96. The molecule has 30 heavy (non-hydrogen) atoms. The molecule has 1 atom stereocenters. The molecule has 0 saturated carbocycles. The van der Waals surface area contributed by atoms with Gasteiger partial charge in [0.1, 0.15) is 12.4 Å². The maximum atomic E-state index is 13.4. The van der Waals surface area contributed by atoms with E-state index in [1.165, 1.54) is 19.1 Å². The summed E-state index contributed by atoms with van der Waals surface area (Å²) in [6.45, 7) is 1.02. The van der Waals surface area contributed by atoms with Gasteiger partial charge in [-0.15, -0.1) is 0 Å². The molecule has 0 bridgehead atoms. The van der Waals surface area contributed by atoms with Crippen LogP contribution >= 0.6 is 11.6 Å². The number of unbranched alkanes of at least 4 members (excludes halogenated alkanes) is 1. The van der Waals surface area contributed by atoms with Crippen LogP contribution in [0.4, 0.5) is 18.0 Å². The quantitative estimate of drug-likeness (QED) is 0.278. The lowest BCUT2D eigenvalue weighted by atomic mass is 9.99. The minimum atomic E-state index is -4.88. The zero-order valence-corrected chi connectivity index (χ0v) is 16.7. The Morgan fingerprint density at radius 2 is 1.87 bits per heavy atom. The summed E-state index contributed by atoms with van der Waals surface area (Å²) in [4.78, 5) is 28.2. The van der Waals surface area contributed by atoms with E-state index in [1.54, 1.807) is 0 Å². The fourth-order valence-electron chi connectivity index (χ4n) is 2.58. The SMILES string of the molecule is Cc1cc(Cl)cc2c1OC(C(F)(F)F)C(C(=O)OCOC(=O)OCCCCO[NH3+])=C2. The number of hydrogen-bond donors (Lipinski definition) is 1. The van der Waals surface area contributed by atoms with Crippen LogP contribution in [0.1, 0.15) is 24.0 Å². The second-order valence-corrected chi connectivity index (χ2v) is 6.62. The van der Waals surface area contributed by atoms with Crippen molar-refractivity contribution < 1.29 is 52.4 Å². The summed E-state index contributed by atoms with van der Waals surface area (Å²) >= 11 is 5.92. The molecular weight excluding hydrogens is 435 g/mol. The lowest BCUT2D eigenvalue weighted by Crippen LogP contribution is -2.49. The maximum Gasteiger partial charge on any atom is 0.511 e. The summed E-state index contributed by atoms with van der Waals surface area (Å²) in [5.41, 5.74) is -0.232. The number of halogens is 4. The Kier molecular flexibility index (Phi) is 8.33. The van der Waals surface area contributed by atoms with Crippen molar-refractivity contribution in [2.45, 2.75) is 32.0 Å². The minimum Gasteiger partial charge on any atom is -0.475 e. The molecule has 8 nitrogen and oxygen atoms in total. The van der Waals surface area contributed by atoms with E-state index in [1.807, 2.05) is 0 Å². The summed E-state index contributed by atoms with van der Waals surface area (Å²) in [6, 6.07) is 2.80. The molecule has 1 aromatic rings. The molecule has 0 saturated heterocycles. The van der Waals surface area contributed by atoms with Gasteiger partial charge in [-0.3, -0.25) is 0 Å². The largest absolute Gasteiger partial charge is 0.511 e. The molecule has 1 heterocycles. The zero-order valence-electron chi connectivity index (χ0n) is 15.9. The van der Waals surface area contributed by atoms with E-state index in [2.05, 4.69) is 20.2 Å². The molecule has 1 aliphatic rings. The van der Waals surface area contributed by atoms with Gasteiger partial charge in [0.15, 0.2) is 0 Å². The number of benzene rings is 1. The molecule has 1 unspecified atom stereocenters. The molecule has 0 aliphatic carbocycles. The average Bonchev–Trinajstić information content (AvgIpc) is 2.66. The number of alkyl halides is 3. The Balaban J connectivity index is 2.00. The molecule has 2 rings (SSSR count). The third-order valence-corrected chi connectivity index (χ3v) is 4.12. The third-order valence-electron chi connectivity index (χ3n) is 3.90. The summed E-state index contributed by atoms with van der Waals surface area (Å²) < 4.78 is 59.1. The molecule has 0 aromatic heterocycles. The van der Waals surface area contributed by atoms with Crippen LogP contribution in [0.2, 0.25) is 5.02 Å². The Hall–Kier alpha value is -2.50. The average molecular weight is 455 g/mol. The van der Waals surface area contributed by atoms with Crippen molar-refractivity contribution in [3.05, 3.63) is 33.9 Å². The van der Waals surface area contributed by atoms with Gasteiger partial charge in [0.2, 0.25) is 12.9 Å². The molecule has 12 heteroatoms. The lowest BCUT2D eigenvalue weighted by molar-refractivity contribution is -0.689. The molecule has 0 amide bonds. The molecular formula is C18H20ClF3NO7+. The van der Waals surface area contributed by atoms with E-state index in [9.17, 15) is 22.8 Å². The number of ether oxygens (including phenoxy) is 4. The monoisotopic (exact) mass is 454 g/mol. The highest BCUT2D eigenvalue weighted by atomic mass is 35.5. The van der Waals surface area contributed by atoms with Gasteiger partial charge in [0.25, 0.3) is 0 Å². The van der Waals surface area contributed by atoms with Gasteiger partial charge in [-0.05, 0) is 43.5 Å². The van der Waals surface area contributed by atoms with E-state index in [0.717, 1.165) is 6.08 Å². The van der Waals surface area contributed by atoms with Crippen LogP contribution in [0.3, 0.4) is 0 Å². The Labute approximate surface area is 174 Å². The van der Waals surface area contributed by atoms with Crippen molar-refractivity contribution in [3.8, 4) is 5.75 Å². The van der Waals surface area contributed by atoms with Crippen molar-refractivity contribution in [1.29, 1.82) is 0 Å². The minimum absolute atomic E-state index is 0.0299. The number of fused-ring (bicyclic) bond motifs is 1. The molecule has 0 fully saturated rings. The first kappa shape index (κ1) is 23.8. The Morgan fingerprint density at radius 1 is 1.17 bits per heavy atom. The standard InChI is InChI=1S/C18H20ClF3NO7/c1-10-6-12(19)7-11-8-13(15(18(20,21)22)30-14(10)11)16(24)27-9-28-17(25)26-4-2-3-5-29-23/h6-8,15H,2-5,9H2,1,23H3/q+1. The van der Waals surface area contributed by atoms with E-state index in [0.29, 0.717) is 25.0 Å². The predicted molar refractivity (Wildman–Crippen MR) is 96.1 cm³/mol. The number of hydrogen-bond acceptors (Lipinski definition) is 7. The van der Waals surface area contributed by atoms with Gasteiger partial charge in [-0.1, -0.05) is 11.6 Å². The highest BCUT2D eigenvalue weighted by molar-refractivity contribution is 6.30. The normalized spacial score (nSPS) is 15.5. The van der Waals surface area contributed by atoms with E-state index < -0.39 is 36.8 Å². The van der Waals surface area contributed by atoms with Crippen LogP contribution < -0.4 is 10.6 Å². The van der Waals surface area contributed by atoms with Crippen LogP contribution in [0, 0.1) is 6.92 Å². The summed E-state index contributed by atoms with van der Waals surface area (Å²) in [6.07, 6.45) is -6.48. The van der Waals surface area contributed by atoms with E-state index in [-0.39, 0.29) is 22.9 Å². The second kappa shape index (κ2) is 10.5. The van der Waals surface area contributed by atoms with Crippen molar-refractivity contribution >= 4 is 29.8 Å². The van der Waals surface area contributed by atoms with Crippen LogP contribution in [0.15, 0.2) is 17.7 Å². The van der Waals surface area contributed by atoms with Crippen molar-refractivity contribution in [2.24, 2.45) is 0 Å². The Morgan fingerprint density at radius 3 is 2.53 bits per heavy atom. The van der Waals surface area contributed by atoms with Crippen LogP contribution in [0.25, 0.3) is 6.08 Å². The number of aryl methyl sites for hydroxylation is 1. The topological polar surface area (TPSA) is 108 Å². The number of esters is 1. The first-order valence-electron chi connectivity index (χ1n) is 8.72. The van der Waals surface area contributed by atoms with Gasteiger partial charge in [-0.2, -0.15) is 13.2 Å². The van der Waals surface area contributed by atoms with Gasteiger partial charge in [0, 0.05) is 10.6 Å². The smallest absolute Gasteiger partial charge is 0.475 e. The number of rotatable bonds is 8. The molecule has 1 aromatic carbocycles. The first-order chi connectivity index (χ1) is 14.1. The zero-order chi connectivity index (χ0) is 22.3. The van der Waals surface area contributed by atoms with Gasteiger partial charge in [-0.25, -0.2) is 20.3 Å². The molecule has 3 N–H and O–H groups in total. The fraction of sp³-hybridized carbons (Fsp3) is 0.444. The summed E-state index contributed by atoms with van der Waals surface area (Å²) in [5, 5.41) is 0.261.